The van der Waals surface area contributed by atoms with Gasteiger partial charge in [-0.15, -0.1) is 11.8 Å². The number of ether oxygens (including phenoxy) is 2. The van der Waals surface area contributed by atoms with Crippen molar-refractivity contribution < 1.29 is 14.3 Å². The molecule has 1 atom stereocenters. The molecule has 150 valence electrons. The monoisotopic (exact) mass is 439 g/mol. The first kappa shape index (κ1) is 21.2. The van der Waals surface area contributed by atoms with E-state index in [2.05, 4.69) is 5.32 Å². The highest BCUT2D eigenvalue weighted by Gasteiger charge is 2.34. The zero-order valence-corrected chi connectivity index (χ0v) is 18.4. The van der Waals surface area contributed by atoms with Crippen LogP contribution in [0.15, 0.2) is 36.4 Å². The molecule has 3 rings (SSSR count). The molecule has 28 heavy (non-hydrogen) atoms. The van der Waals surface area contributed by atoms with Gasteiger partial charge < -0.3 is 14.8 Å². The first-order chi connectivity index (χ1) is 13.3. The fraction of sp³-hybridized carbons (Fsp3) is 0.381. The minimum Gasteiger partial charge on any atom is -0.497 e. The number of halogens is 2. The fourth-order valence-electron chi connectivity index (χ4n) is 3.22. The Morgan fingerprint density at radius 2 is 2.07 bits per heavy atom. The number of carbonyl (C=O) groups excluding carboxylic acids is 1. The summed E-state index contributed by atoms with van der Waals surface area (Å²) in [6.07, 6.45) is 0.687. The van der Waals surface area contributed by atoms with Gasteiger partial charge in [0.05, 0.1) is 18.9 Å². The van der Waals surface area contributed by atoms with Crippen molar-refractivity contribution in [1.29, 1.82) is 0 Å². The van der Waals surface area contributed by atoms with Crippen LogP contribution in [-0.2, 0) is 10.5 Å². The van der Waals surface area contributed by atoms with Crippen molar-refractivity contribution in [2.45, 2.75) is 37.7 Å². The molecular weight excluding hydrogens is 417 g/mol. The summed E-state index contributed by atoms with van der Waals surface area (Å²) in [6, 6.07) is 11.0. The molecule has 2 aromatic carbocycles. The average molecular weight is 440 g/mol. The van der Waals surface area contributed by atoms with Crippen LogP contribution < -0.4 is 14.8 Å². The van der Waals surface area contributed by atoms with Crippen LogP contribution in [0.3, 0.4) is 0 Å². The SMILES string of the molecule is COc1ccc2c(c1)C(NC(=O)CSCc1ccc(Cl)cc1Cl)CC(C)(C)O2. The fourth-order valence-corrected chi connectivity index (χ4v) is 4.61. The molecule has 2 aromatic rings. The number of thioether (sulfide) groups is 1. The topological polar surface area (TPSA) is 47.6 Å². The first-order valence-electron chi connectivity index (χ1n) is 8.95. The van der Waals surface area contributed by atoms with E-state index in [1.807, 2.05) is 38.1 Å². The van der Waals surface area contributed by atoms with E-state index in [4.69, 9.17) is 32.7 Å². The van der Waals surface area contributed by atoms with E-state index in [0.717, 1.165) is 22.6 Å². The predicted molar refractivity (Wildman–Crippen MR) is 116 cm³/mol. The molecule has 0 radical (unpaired) electrons. The highest BCUT2D eigenvalue weighted by atomic mass is 35.5. The molecule has 1 unspecified atom stereocenters. The van der Waals surface area contributed by atoms with Gasteiger partial charge in [-0.1, -0.05) is 29.3 Å². The maximum absolute atomic E-state index is 12.6. The number of rotatable bonds is 6. The molecule has 0 aromatic heterocycles. The molecule has 0 saturated carbocycles. The van der Waals surface area contributed by atoms with E-state index < -0.39 is 0 Å². The standard InChI is InChI=1S/C21H23Cl2NO3S/c1-21(2)10-18(16-9-15(26-3)6-7-19(16)27-21)24-20(25)12-28-11-13-4-5-14(22)8-17(13)23/h4-9,18H,10-12H2,1-3H3,(H,24,25). The zero-order chi connectivity index (χ0) is 20.3. The highest BCUT2D eigenvalue weighted by Crippen LogP contribution is 2.41. The maximum Gasteiger partial charge on any atom is 0.230 e. The van der Waals surface area contributed by atoms with Crippen LogP contribution in [-0.4, -0.2) is 24.4 Å². The van der Waals surface area contributed by atoms with Crippen molar-refractivity contribution in [2.75, 3.05) is 12.9 Å². The average Bonchev–Trinajstić information content (AvgIpc) is 2.62. The Morgan fingerprint density at radius 3 is 2.79 bits per heavy atom. The van der Waals surface area contributed by atoms with E-state index in [1.165, 1.54) is 11.8 Å². The van der Waals surface area contributed by atoms with Crippen molar-refractivity contribution >= 4 is 40.9 Å². The van der Waals surface area contributed by atoms with Crippen molar-refractivity contribution in [1.82, 2.24) is 5.32 Å². The zero-order valence-electron chi connectivity index (χ0n) is 16.1. The van der Waals surface area contributed by atoms with E-state index in [-0.39, 0.29) is 17.6 Å². The van der Waals surface area contributed by atoms with Crippen LogP contribution in [0, 0.1) is 0 Å². The smallest absolute Gasteiger partial charge is 0.230 e. The first-order valence-corrected chi connectivity index (χ1v) is 10.9. The normalized spacial score (nSPS) is 17.4. The third kappa shape index (κ3) is 5.28. The highest BCUT2D eigenvalue weighted by molar-refractivity contribution is 7.99. The molecular formula is C21H23Cl2NO3S. The van der Waals surface area contributed by atoms with E-state index >= 15 is 0 Å². The molecule has 1 amide bonds. The minimum atomic E-state index is -0.358. The van der Waals surface area contributed by atoms with E-state index in [1.54, 1.807) is 19.2 Å². The van der Waals surface area contributed by atoms with Crippen molar-refractivity contribution in [3.8, 4) is 11.5 Å². The second-order valence-electron chi connectivity index (χ2n) is 7.32. The summed E-state index contributed by atoms with van der Waals surface area (Å²) in [5.74, 6) is 2.49. The molecule has 1 N–H and O–H groups in total. The summed E-state index contributed by atoms with van der Waals surface area (Å²) in [4.78, 5) is 12.6. The summed E-state index contributed by atoms with van der Waals surface area (Å²) in [5.41, 5.74) is 1.55. The van der Waals surface area contributed by atoms with Crippen LogP contribution in [0.1, 0.15) is 37.4 Å². The van der Waals surface area contributed by atoms with E-state index in [0.29, 0.717) is 28.0 Å². The van der Waals surface area contributed by atoms with Gasteiger partial charge in [0.1, 0.15) is 17.1 Å². The Morgan fingerprint density at radius 1 is 1.29 bits per heavy atom. The third-order valence-corrected chi connectivity index (χ3v) is 6.08. The summed E-state index contributed by atoms with van der Waals surface area (Å²) in [7, 11) is 1.63. The van der Waals surface area contributed by atoms with Crippen LogP contribution in [0.2, 0.25) is 10.0 Å². The molecule has 0 spiro atoms. The molecule has 4 nitrogen and oxygen atoms in total. The maximum atomic E-state index is 12.6. The summed E-state index contributed by atoms with van der Waals surface area (Å²) in [6.45, 7) is 4.05. The predicted octanol–water partition coefficient (Wildman–Crippen LogP) is 5.65. The van der Waals surface area contributed by atoms with Gasteiger partial charge in [0.2, 0.25) is 5.91 Å². The van der Waals surface area contributed by atoms with Gasteiger partial charge in [0.15, 0.2) is 0 Å². The quantitative estimate of drug-likeness (QED) is 0.630. The number of fused-ring (bicyclic) bond motifs is 1. The van der Waals surface area contributed by atoms with Crippen LogP contribution in [0.4, 0.5) is 0 Å². The second-order valence-corrected chi connectivity index (χ2v) is 9.15. The van der Waals surface area contributed by atoms with Gasteiger partial charge in [-0.2, -0.15) is 0 Å². The number of amides is 1. The summed E-state index contributed by atoms with van der Waals surface area (Å²) in [5, 5.41) is 4.37. The van der Waals surface area contributed by atoms with Crippen molar-refractivity contribution in [2.24, 2.45) is 0 Å². The van der Waals surface area contributed by atoms with Crippen molar-refractivity contribution in [3.63, 3.8) is 0 Å². The Kier molecular flexibility index (Phi) is 6.69. The van der Waals surface area contributed by atoms with Gasteiger partial charge in [0, 0.05) is 27.8 Å². The van der Waals surface area contributed by atoms with Gasteiger partial charge >= 0.3 is 0 Å². The Balaban J connectivity index is 1.63. The Labute approximate surface area is 179 Å². The van der Waals surface area contributed by atoms with Gasteiger partial charge in [0.25, 0.3) is 0 Å². The second kappa shape index (κ2) is 8.85. The largest absolute Gasteiger partial charge is 0.497 e. The molecule has 7 heteroatoms. The van der Waals surface area contributed by atoms with Gasteiger partial charge in [-0.25, -0.2) is 0 Å². The van der Waals surface area contributed by atoms with Crippen molar-refractivity contribution in [3.05, 3.63) is 57.6 Å². The molecule has 1 aliphatic rings. The van der Waals surface area contributed by atoms with Gasteiger partial charge in [-0.05, 0) is 49.7 Å². The molecule has 1 aliphatic heterocycles. The summed E-state index contributed by atoms with van der Waals surface area (Å²) >= 11 is 13.6. The molecule has 0 saturated heterocycles. The van der Waals surface area contributed by atoms with Crippen LogP contribution >= 0.6 is 35.0 Å². The van der Waals surface area contributed by atoms with Crippen LogP contribution in [0.5, 0.6) is 11.5 Å². The lowest BCUT2D eigenvalue weighted by Crippen LogP contribution is -2.41. The Bertz CT molecular complexity index is 873. The molecule has 0 fully saturated rings. The third-order valence-electron chi connectivity index (χ3n) is 4.52. The molecule has 0 bridgehead atoms. The van der Waals surface area contributed by atoms with Crippen LogP contribution in [0.25, 0.3) is 0 Å². The molecule has 0 aliphatic carbocycles. The number of methoxy groups -OCH3 is 1. The number of benzene rings is 2. The lowest BCUT2D eigenvalue weighted by molar-refractivity contribution is -0.119. The number of hydrogen-bond donors (Lipinski definition) is 1. The summed E-state index contributed by atoms with van der Waals surface area (Å²) < 4.78 is 11.4. The number of hydrogen-bond acceptors (Lipinski definition) is 4. The van der Waals surface area contributed by atoms with Gasteiger partial charge in [-0.3, -0.25) is 4.79 Å². The lowest BCUT2D eigenvalue weighted by Gasteiger charge is -2.38. The van der Waals surface area contributed by atoms with E-state index in [9.17, 15) is 4.79 Å². The Hall–Kier alpha value is -1.56. The lowest BCUT2D eigenvalue weighted by atomic mass is 9.89. The molecule has 1 heterocycles. The number of carbonyl (C=O) groups is 1. The minimum absolute atomic E-state index is 0.0217. The number of nitrogens with one attached hydrogen (secondary N) is 1.